The fraction of sp³-hybridized carbons (Fsp3) is 0.600. The summed E-state index contributed by atoms with van der Waals surface area (Å²) in [5.41, 5.74) is 0. The van der Waals surface area contributed by atoms with E-state index in [1.165, 1.54) is 0 Å². The first-order valence-corrected chi connectivity index (χ1v) is 7.95. The van der Waals surface area contributed by atoms with Gasteiger partial charge in [0.1, 0.15) is 0 Å². The van der Waals surface area contributed by atoms with Crippen LogP contribution in [0.2, 0.25) is 0 Å². The van der Waals surface area contributed by atoms with E-state index in [0.717, 1.165) is 57.1 Å². The predicted molar refractivity (Wildman–Crippen MR) is 84.8 cm³/mol. The lowest BCUT2D eigenvalue weighted by atomic mass is 10.3. The Bertz CT molecular complexity index is 498. The number of quaternary nitrogens is 1. The van der Waals surface area contributed by atoms with Gasteiger partial charge in [-0.2, -0.15) is 10.2 Å². The molecule has 0 unspecified atom stereocenters. The highest BCUT2D eigenvalue weighted by atomic mass is 15.5. The molecule has 0 bridgehead atoms. The quantitative estimate of drug-likeness (QED) is 0.811. The van der Waals surface area contributed by atoms with Gasteiger partial charge in [-0.15, -0.1) is 0 Å². The van der Waals surface area contributed by atoms with E-state index < -0.39 is 0 Å². The molecule has 2 aromatic rings. The van der Waals surface area contributed by atoms with Crippen molar-refractivity contribution in [3.05, 3.63) is 36.9 Å². The number of nitrogens with zero attached hydrogens (tertiary/aromatic N) is 6. The topological polar surface area (TPSA) is 50.9 Å². The molecule has 1 fully saturated rings. The first kappa shape index (κ1) is 15.2. The van der Waals surface area contributed by atoms with E-state index in [1.54, 1.807) is 0 Å². The molecule has 0 aliphatic carbocycles. The number of rotatable bonds is 4. The van der Waals surface area contributed by atoms with Gasteiger partial charge < -0.3 is 5.32 Å². The van der Waals surface area contributed by atoms with E-state index >= 15 is 0 Å². The molecule has 1 aliphatic heterocycles. The van der Waals surface area contributed by atoms with Gasteiger partial charge in [-0.3, -0.25) is 9.38 Å². The highest BCUT2D eigenvalue weighted by Crippen LogP contribution is 2.13. The largest absolute Gasteiger partial charge is 0.310 e. The fourth-order valence-electron chi connectivity index (χ4n) is 3.03. The summed E-state index contributed by atoms with van der Waals surface area (Å²) in [5.74, 6) is 0. The van der Waals surface area contributed by atoms with E-state index in [4.69, 9.17) is 0 Å². The minimum Gasteiger partial charge on any atom is -0.310 e. The molecule has 22 heavy (non-hydrogen) atoms. The first-order chi connectivity index (χ1) is 10.8. The van der Waals surface area contributed by atoms with Gasteiger partial charge in [0.05, 0.1) is 13.1 Å². The SMILES string of the molecule is CN1CCNCC[N+](Cn2cccn2)(Cn2cccn2)CC1. The monoisotopic (exact) mass is 304 g/mol. The molecule has 3 rings (SSSR count). The smallest absolute Gasteiger partial charge is 0.175 e. The third-order valence-corrected chi connectivity index (χ3v) is 4.40. The Balaban J connectivity index is 1.81. The van der Waals surface area contributed by atoms with Gasteiger partial charge in [0, 0.05) is 51.0 Å². The van der Waals surface area contributed by atoms with Gasteiger partial charge in [0.2, 0.25) is 0 Å². The summed E-state index contributed by atoms with van der Waals surface area (Å²) in [6.07, 6.45) is 7.80. The molecule has 2 aromatic heterocycles. The maximum absolute atomic E-state index is 4.42. The summed E-state index contributed by atoms with van der Waals surface area (Å²) >= 11 is 0. The number of likely N-dealkylation sites (N-methyl/N-ethyl adjacent to an activating group) is 1. The van der Waals surface area contributed by atoms with Crippen molar-refractivity contribution in [3.8, 4) is 0 Å². The third-order valence-electron chi connectivity index (χ3n) is 4.40. The van der Waals surface area contributed by atoms with Crippen molar-refractivity contribution in [1.29, 1.82) is 0 Å². The Morgan fingerprint density at radius 1 is 0.955 bits per heavy atom. The lowest BCUT2D eigenvalue weighted by molar-refractivity contribution is -0.968. The molecule has 7 nitrogen and oxygen atoms in total. The van der Waals surface area contributed by atoms with E-state index in [9.17, 15) is 0 Å². The molecule has 0 saturated carbocycles. The highest BCUT2D eigenvalue weighted by Gasteiger charge is 2.29. The molecule has 7 heteroatoms. The van der Waals surface area contributed by atoms with Crippen molar-refractivity contribution in [1.82, 2.24) is 29.8 Å². The van der Waals surface area contributed by atoms with Gasteiger partial charge >= 0.3 is 0 Å². The lowest BCUT2D eigenvalue weighted by Gasteiger charge is -2.38. The van der Waals surface area contributed by atoms with E-state index in [0.29, 0.717) is 0 Å². The highest BCUT2D eigenvalue weighted by molar-refractivity contribution is 4.78. The minimum atomic E-state index is 0.877. The molecule has 0 amide bonds. The number of aromatic nitrogens is 4. The van der Waals surface area contributed by atoms with Crippen LogP contribution in [0.3, 0.4) is 0 Å². The molecule has 0 spiro atoms. The van der Waals surface area contributed by atoms with E-state index in [-0.39, 0.29) is 0 Å². The van der Waals surface area contributed by atoms with Gasteiger partial charge in [-0.1, -0.05) is 0 Å². The van der Waals surface area contributed by atoms with Crippen molar-refractivity contribution in [2.45, 2.75) is 13.3 Å². The van der Waals surface area contributed by atoms with Gasteiger partial charge in [0.15, 0.2) is 13.3 Å². The Kier molecular flexibility index (Phi) is 4.87. The second-order valence-electron chi connectivity index (χ2n) is 6.22. The van der Waals surface area contributed by atoms with Crippen molar-refractivity contribution in [2.75, 3.05) is 46.3 Å². The second-order valence-corrected chi connectivity index (χ2v) is 6.22. The molecule has 3 heterocycles. The average Bonchev–Trinajstić information content (AvgIpc) is 3.18. The third kappa shape index (κ3) is 3.94. The summed E-state index contributed by atoms with van der Waals surface area (Å²) in [4.78, 5) is 2.40. The van der Waals surface area contributed by atoms with Gasteiger partial charge in [0.25, 0.3) is 0 Å². The summed E-state index contributed by atoms with van der Waals surface area (Å²) < 4.78 is 5.03. The van der Waals surface area contributed by atoms with Crippen LogP contribution in [-0.2, 0) is 13.3 Å². The molecule has 0 aromatic carbocycles. The lowest BCUT2D eigenvalue weighted by Crippen LogP contribution is -2.54. The first-order valence-electron chi connectivity index (χ1n) is 7.95. The van der Waals surface area contributed by atoms with Crippen LogP contribution >= 0.6 is 0 Å². The van der Waals surface area contributed by atoms with Crippen LogP contribution in [0.4, 0.5) is 0 Å². The van der Waals surface area contributed by atoms with Crippen LogP contribution in [-0.4, -0.2) is 75.3 Å². The fourth-order valence-corrected chi connectivity index (χ4v) is 3.03. The molecular weight excluding hydrogens is 278 g/mol. The number of hydrogen-bond donors (Lipinski definition) is 1. The standard InChI is InChI=1S/C15H26N7/c1-19-10-6-16-7-12-22(13-11-19,14-20-8-2-4-17-20)15-21-9-3-5-18-21/h2-5,8-9,16H,6-7,10-15H2,1H3/q+1. The van der Waals surface area contributed by atoms with Crippen LogP contribution in [0.5, 0.6) is 0 Å². The second kappa shape index (κ2) is 7.04. The van der Waals surface area contributed by atoms with Crippen LogP contribution in [0.15, 0.2) is 36.9 Å². The minimum absolute atomic E-state index is 0.877. The maximum Gasteiger partial charge on any atom is 0.175 e. The summed E-state index contributed by atoms with van der Waals surface area (Å²) in [5, 5.41) is 12.4. The van der Waals surface area contributed by atoms with Crippen molar-refractivity contribution >= 4 is 0 Å². The van der Waals surface area contributed by atoms with E-state index in [1.807, 2.05) is 46.3 Å². The average molecular weight is 304 g/mol. The Labute approximate surface area is 131 Å². The predicted octanol–water partition coefficient (Wildman–Crippen LogP) is 0.0466. The molecule has 0 atom stereocenters. The molecule has 1 N–H and O–H groups in total. The zero-order valence-corrected chi connectivity index (χ0v) is 13.3. The normalized spacial score (nSPS) is 20.2. The molecule has 120 valence electrons. The molecule has 1 saturated heterocycles. The molecule has 0 radical (unpaired) electrons. The van der Waals surface area contributed by atoms with Crippen LogP contribution in [0.25, 0.3) is 0 Å². The Morgan fingerprint density at radius 2 is 1.64 bits per heavy atom. The van der Waals surface area contributed by atoms with Crippen LogP contribution in [0, 0.1) is 0 Å². The van der Waals surface area contributed by atoms with E-state index in [2.05, 4.69) is 27.5 Å². The van der Waals surface area contributed by atoms with Crippen molar-refractivity contribution in [2.24, 2.45) is 0 Å². The molecular formula is C15H26N7+. The molecule has 1 aliphatic rings. The van der Waals surface area contributed by atoms with Crippen LogP contribution < -0.4 is 5.32 Å². The van der Waals surface area contributed by atoms with Gasteiger partial charge in [-0.05, 0) is 19.2 Å². The van der Waals surface area contributed by atoms with Crippen LogP contribution in [0.1, 0.15) is 0 Å². The number of nitrogens with one attached hydrogen (secondary N) is 1. The Hall–Kier alpha value is -1.70. The summed E-state index contributed by atoms with van der Waals surface area (Å²) in [6, 6.07) is 3.98. The Morgan fingerprint density at radius 3 is 2.23 bits per heavy atom. The summed E-state index contributed by atoms with van der Waals surface area (Å²) in [6.45, 7) is 8.19. The maximum atomic E-state index is 4.42. The van der Waals surface area contributed by atoms with Gasteiger partial charge in [-0.25, -0.2) is 9.36 Å². The van der Waals surface area contributed by atoms with Crippen molar-refractivity contribution < 1.29 is 4.48 Å². The zero-order valence-electron chi connectivity index (χ0n) is 13.3. The zero-order chi connectivity index (χ0) is 15.3. The van der Waals surface area contributed by atoms with Crippen molar-refractivity contribution in [3.63, 3.8) is 0 Å². The summed E-state index contributed by atoms with van der Waals surface area (Å²) in [7, 11) is 2.20. The number of hydrogen-bond acceptors (Lipinski definition) is 4.